The third-order valence-electron chi connectivity index (χ3n) is 4.31. The zero-order valence-electron chi connectivity index (χ0n) is 11.6. The van der Waals surface area contributed by atoms with Crippen molar-refractivity contribution in [3.05, 3.63) is 69.2 Å². The van der Waals surface area contributed by atoms with Gasteiger partial charge in [0, 0.05) is 15.1 Å². The van der Waals surface area contributed by atoms with E-state index in [1.165, 1.54) is 40.6 Å². The van der Waals surface area contributed by atoms with E-state index in [1.54, 1.807) is 0 Å². The lowest BCUT2D eigenvalue weighted by Crippen LogP contribution is -2.11. The van der Waals surface area contributed by atoms with E-state index in [0.717, 1.165) is 10.9 Å². The lowest BCUT2D eigenvalue weighted by molar-refractivity contribution is 0.639. The van der Waals surface area contributed by atoms with Crippen molar-refractivity contribution in [3.8, 4) is 0 Å². The number of aryl methyl sites for hydroxylation is 2. The molecule has 0 amide bonds. The van der Waals surface area contributed by atoms with Crippen molar-refractivity contribution in [1.82, 2.24) is 0 Å². The third kappa shape index (κ3) is 2.08. The van der Waals surface area contributed by atoms with E-state index >= 15 is 0 Å². The smallest absolute Gasteiger partial charge is 0.131 e. The first kappa shape index (κ1) is 13.0. The molecule has 1 aliphatic rings. The molecule has 1 nitrogen and oxygen atoms in total. The number of thiophene rings is 1. The molecule has 2 aromatic carbocycles. The monoisotopic (exact) mass is 297 g/mol. The Labute approximate surface area is 127 Å². The van der Waals surface area contributed by atoms with Crippen molar-refractivity contribution in [3.63, 3.8) is 0 Å². The molecule has 1 heterocycles. The maximum absolute atomic E-state index is 13.9. The number of rotatable bonds is 2. The van der Waals surface area contributed by atoms with Gasteiger partial charge < -0.3 is 5.73 Å². The zero-order valence-corrected chi connectivity index (χ0v) is 12.4. The Morgan fingerprint density at radius 1 is 1.05 bits per heavy atom. The van der Waals surface area contributed by atoms with Crippen molar-refractivity contribution in [2.24, 2.45) is 5.73 Å². The fraction of sp³-hybridized carbons (Fsp3) is 0.222. The van der Waals surface area contributed by atoms with E-state index in [-0.39, 0.29) is 11.9 Å². The molecule has 1 unspecified atom stereocenters. The number of benzene rings is 2. The van der Waals surface area contributed by atoms with Crippen LogP contribution in [0.1, 0.15) is 33.3 Å². The third-order valence-corrected chi connectivity index (χ3v) is 5.63. The quantitative estimate of drug-likeness (QED) is 0.736. The normalized spacial score (nSPS) is 15.3. The molecule has 4 rings (SSSR count). The molecular weight excluding hydrogens is 281 g/mol. The Hall–Kier alpha value is -1.71. The van der Waals surface area contributed by atoms with Gasteiger partial charge in [-0.15, -0.1) is 11.3 Å². The first-order valence-electron chi connectivity index (χ1n) is 7.28. The van der Waals surface area contributed by atoms with Gasteiger partial charge in [-0.25, -0.2) is 4.39 Å². The zero-order chi connectivity index (χ0) is 14.4. The van der Waals surface area contributed by atoms with E-state index in [9.17, 15) is 4.39 Å². The highest BCUT2D eigenvalue weighted by Gasteiger charge is 2.20. The molecule has 0 bridgehead atoms. The topological polar surface area (TPSA) is 26.0 Å². The van der Waals surface area contributed by atoms with Crippen LogP contribution in [-0.2, 0) is 12.8 Å². The summed E-state index contributed by atoms with van der Waals surface area (Å²) in [6.07, 6.45) is 3.61. The summed E-state index contributed by atoms with van der Waals surface area (Å²) in [6, 6.07) is 13.0. The summed E-state index contributed by atoms with van der Waals surface area (Å²) < 4.78 is 13.9. The molecule has 0 fully saturated rings. The van der Waals surface area contributed by atoms with Gasteiger partial charge in [0.15, 0.2) is 0 Å². The molecule has 0 aliphatic heterocycles. The van der Waals surface area contributed by atoms with E-state index in [4.69, 9.17) is 5.73 Å². The van der Waals surface area contributed by atoms with Crippen LogP contribution < -0.4 is 5.73 Å². The Kier molecular flexibility index (Phi) is 3.05. The highest BCUT2D eigenvalue weighted by Crippen LogP contribution is 2.37. The standard InChI is InChI=1S/C18H16FNS/c19-15-9-8-14(12-5-1-2-6-13(12)15)18(20)17-10-11-4-3-7-16(11)21-17/h1-2,5-6,8-10,18H,3-4,7,20H2. The van der Waals surface area contributed by atoms with Crippen molar-refractivity contribution in [2.45, 2.75) is 25.3 Å². The first-order valence-corrected chi connectivity index (χ1v) is 8.10. The van der Waals surface area contributed by atoms with Crippen LogP contribution in [0.25, 0.3) is 10.8 Å². The van der Waals surface area contributed by atoms with Crippen LogP contribution >= 0.6 is 11.3 Å². The molecule has 0 radical (unpaired) electrons. The Bertz CT molecular complexity index is 800. The maximum atomic E-state index is 13.9. The van der Waals surface area contributed by atoms with Crippen molar-refractivity contribution >= 4 is 22.1 Å². The Morgan fingerprint density at radius 3 is 2.67 bits per heavy atom. The van der Waals surface area contributed by atoms with Crippen LogP contribution in [0.5, 0.6) is 0 Å². The van der Waals surface area contributed by atoms with Crippen LogP contribution in [0.3, 0.4) is 0 Å². The summed E-state index contributed by atoms with van der Waals surface area (Å²) >= 11 is 1.82. The van der Waals surface area contributed by atoms with Gasteiger partial charge in [0.05, 0.1) is 6.04 Å². The minimum absolute atomic E-state index is 0.175. The predicted octanol–water partition coefficient (Wildman–Crippen LogP) is 4.58. The van der Waals surface area contributed by atoms with Crippen molar-refractivity contribution in [1.29, 1.82) is 0 Å². The van der Waals surface area contributed by atoms with Gasteiger partial charge in [-0.1, -0.05) is 30.3 Å². The molecule has 1 atom stereocenters. The highest BCUT2D eigenvalue weighted by molar-refractivity contribution is 7.12. The Morgan fingerprint density at radius 2 is 1.86 bits per heavy atom. The molecule has 21 heavy (non-hydrogen) atoms. The van der Waals surface area contributed by atoms with Gasteiger partial charge in [-0.3, -0.25) is 0 Å². The van der Waals surface area contributed by atoms with Crippen molar-refractivity contribution < 1.29 is 4.39 Å². The number of hydrogen-bond donors (Lipinski definition) is 1. The Balaban J connectivity index is 1.83. The highest BCUT2D eigenvalue weighted by atomic mass is 32.1. The summed E-state index contributed by atoms with van der Waals surface area (Å²) in [5.41, 5.74) is 8.94. The molecule has 0 saturated carbocycles. The average Bonchev–Trinajstić information content (AvgIpc) is 3.08. The van der Waals surface area contributed by atoms with Crippen LogP contribution in [0, 0.1) is 5.82 Å². The van der Waals surface area contributed by atoms with Crippen LogP contribution in [0.15, 0.2) is 42.5 Å². The van der Waals surface area contributed by atoms with Gasteiger partial charge in [-0.05, 0) is 47.9 Å². The van der Waals surface area contributed by atoms with E-state index < -0.39 is 0 Å². The summed E-state index contributed by atoms with van der Waals surface area (Å²) in [6.45, 7) is 0. The fourth-order valence-corrected chi connectivity index (χ4v) is 4.49. The molecular formula is C18H16FNS. The minimum atomic E-state index is -0.185. The first-order chi connectivity index (χ1) is 10.2. The molecule has 3 aromatic rings. The lowest BCUT2D eigenvalue weighted by Gasteiger charge is -2.14. The molecule has 1 aromatic heterocycles. The van der Waals surface area contributed by atoms with Crippen LogP contribution in [-0.4, -0.2) is 0 Å². The molecule has 106 valence electrons. The summed E-state index contributed by atoms with van der Waals surface area (Å²) in [4.78, 5) is 2.67. The second-order valence-corrected chi connectivity index (χ2v) is 6.78. The number of fused-ring (bicyclic) bond motifs is 2. The summed E-state index contributed by atoms with van der Waals surface area (Å²) in [7, 11) is 0. The predicted molar refractivity (Wildman–Crippen MR) is 86.3 cm³/mol. The van der Waals surface area contributed by atoms with Gasteiger partial charge >= 0.3 is 0 Å². The van der Waals surface area contributed by atoms with E-state index in [2.05, 4.69) is 6.07 Å². The van der Waals surface area contributed by atoms with Gasteiger partial charge in [-0.2, -0.15) is 0 Å². The number of halogens is 1. The number of nitrogens with two attached hydrogens (primary N) is 1. The molecule has 0 saturated heterocycles. The van der Waals surface area contributed by atoms with Gasteiger partial charge in [0.2, 0.25) is 0 Å². The fourth-order valence-electron chi connectivity index (χ4n) is 3.22. The van der Waals surface area contributed by atoms with E-state index in [1.807, 2.05) is 41.7 Å². The molecule has 2 N–H and O–H groups in total. The van der Waals surface area contributed by atoms with Crippen LogP contribution in [0.4, 0.5) is 4.39 Å². The number of hydrogen-bond acceptors (Lipinski definition) is 2. The summed E-state index contributed by atoms with van der Waals surface area (Å²) in [5, 5.41) is 1.56. The van der Waals surface area contributed by atoms with Gasteiger partial charge in [0.25, 0.3) is 0 Å². The summed E-state index contributed by atoms with van der Waals surface area (Å²) in [5.74, 6) is -0.185. The largest absolute Gasteiger partial charge is 0.320 e. The van der Waals surface area contributed by atoms with Gasteiger partial charge in [0.1, 0.15) is 5.82 Å². The maximum Gasteiger partial charge on any atom is 0.131 e. The van der Waals surface area contributed by atoms with Crippen molar-refractivity contribution in [2.75, 3.05) is 0 Å². The average molecular weight is 297 g/mol. The molecule has 0 spiro atoms. The minimum Gasteiger partial charge on any atom is -0.320 e. The van der Waals surface area contributed by atoms with E-state index in [0.29, 0.717) is 5.39 Å². The van der Waals surface area contributed by atoms with Crippen LogP contribution in [0.2, 0.25) is 0 Å². The second-order valence-electron chi connectivity index (χ2n) is 5.61. The molecule has 1 aliphatic carbocycles. The SMILES string of the molecule is NC(c1cc2c(s1)CCC2)c1ccc(F)c2ccccc12. The molecule has 3 heteroatoms. The lowest BCUT2D eigenvalue weighted by atomic mass is 9.97. The second kappa shape index (κ2) is 4.93.